The van der Waals surface area contributed by atoms with Gasteiger partial charge in [0.15, 0.2) is 5.60 Å². The molecule has 0 bridgehead atoms. The van der Waals surface area contributed by atoms with Crippen LogP contribution >= 0.6 is 31.9 Å². The van der Waals surface area contributed by atoms with Crippen LogP contribution in [0.15, 0.2) is 86.3 Å². The molecule has 3 aromatic carbocycles. The van der Waals surface area contributed by atoms with Crippen molar-refractivity contribution < 1.29 is 14.7 Å². The first-order valence-corrected chi connectivity index (χ1v) is 9.94. The number of halogens is 2. The average Bonchev–Trinajstić information content (AvgIpc) is 3.23. The van der Waals surface area contributed by atoms with Crippen LogP contribution in [0.1, 0.15) is 17.0 Å². The molecule has 5 nitrogen and oxygen atoms in total. The molecule has 0 spiro atoms. The van der Waals surface area contributed by atoms with Crippen LogP contribution in [0, 0.1) is 0 Å². The van der Waals surface area contributed by atoms with Gasteiger partial charge in [0.2, 0.25) is 5.82 Å². The van der Waals surface area contributed by atoms with Crippen molar-refractivity contribution in [3.63, 3.8) is 0 Å². The second kappa shape index (κ2) is 7.50. The molecule has 0 aliphatic carbocycles. The van der Waals surface area contributed by atoms with Gasteiger partial charge in [0.25, 0.3) is 5.89 Å². The largest absolute Gasteiger partial charge is 0.506 e. The molecule has 28 heavy (non-hydrogen) atoms. The first-order valence-electron chi connectivity index (χ1n) is 8.36. The van der Waals surface area contributed by atoms with E-state index < -0.39 is 5.60 Å². The van der Waals surface area contributed by atoms with Crippen LogP contribution in [0.4, 0.5) is 0 Å². The van der Waals surface area contributed by atoms with Gasteiger partial charge < -0.3 is 14.7 Å². The van der Waals surface area contributed by atoms with E-state index in [0.29, 0.717) is 31.5 Å². The molecule has 2 N–H and O–H groups in total. The van der Waals surface area contributed by atoms with Crippen molar-refractivity contribution in [3.8, 4) is 17.1 Å². The molecule has 4 aromatic rings. The molecule has 0 aliphatic rings. The van der Waals surface area contributed by atoms with Crippen molar-refractivity contribution in [1.29, 1.82) is 0 Å². The molecular formula is C21H14Br2N2O3. The van der Waals surface area contributed by atoms with E-state index in [0.717, 1.165) is 0 Å². The number of rotatable bonds is 4. The third-order valence-electron chi connectivity index (χ3n) is 4.39. The predicted octanol–water partition coefficient (Wildman–Crippen LogP) is 5.25. The molecule has 0 aliphatic heterocycles. The number of phenolic OH excluding ortho intramolecular Hbond substituents is 1. The van der Waals surface area contributed by atoms with Gasteiger partial charge >= 0.3 is 0 Å². The number of aromatic hydroxyl groups is 1. The van der Waals surface area contributed by atoms with Crippen molar-refractivity contribution in [3.05, 3.63) is 98.8 Å². The van der Waals surface area contributed by atoms with Crippen LogP contribution in [0.5, 0.6) is 5.75 Å². The van der Waals surface area contributed by atoms with Gasteiger partial charge in [-0.05, 0) is 55.1 Å². The number of nitrogens with zero attached hydrogens (tertiary/aromatic N) is 2. The smallest absolute Gasteiger partial charge is 0.268 e. The van der Waals surface area contributed by atoms with Gasteiger partial charge in [-0.15, -0.1) is 0 Å². The Labute approximate surface area is 177 Å². The monoisotopic (exact) mass is 500 g/mol. The van der Waals surface area contributed by atoms with Crippen molar-refractivity contribution in [2.75, 3.05) is 0 Å². The Kier molecular flexibility index (Phi) is 5.05. The first-order chi connectivity index (χ1) is 13.5. The number of aliphatic hydroxyl groups is 1. The fourth-order valence-corrected chi connectivity index (χ4v) is 4.14. The maximum Gasteiger partial charge on any atom is 0.268 e. The molecular weight excluding hydrogens is 488 g/mol. The van der Waals surface area contributed by atoms with Gasteiger partial charge in [0, 0.05) is 5.56 Å². The molecule has 1 aromatic heterocycles. The molecule has 0 atom stereocenters. The Morgan fingerprint density at radius 1 is 0.821 bits per heavy atom. The lowest BCUT2D eigenvalue weighted by molar-refractivity contribution is 0.0850. The van der Waals surface area contributed by atoms with E-state index in [-0.39, 0.29) is 11.6 Å². The maximum atomic E-state index is 11.7. The second-order valence-corrected chi connectivity index (χ2v) is 7.86. The molecule has 0 saturated heterocycles. The maximum absolute atomic E-state index is 11.7. The van der Waals surface area contributed by atoms with E-state index in [2.05, 4.69) is 42.0 Å². The number of benzene rings is 3. The number of hydrogen-bond donors (Lipinski definition) is 2. The average molecular weight is 502 g/mol. The van der Waals surface area contributed by atoms with E-state index in [1.54, 1.807) is 12.1 Å². The third-order valence-corrected chi connectivity index (χ3v) is 5.60. The summed E-state index contributed by atoms with van der Waals surface area (Å²) in [7, 11) is 0. The van der Waals surface area contributed by atoms with Crippen LogP contribution in [-0.2, 0) is 5.60 Å². The minimum Gasteiger partial charge on any atom is -0.506 e. The zero-order chi connectivity index (χ0) is 19.7. The van der Waals surface area contributed by atoms with E-state index in [1.807, 2.05) is 60.7 Å². The van der Waals surface area contributed by atoms with Gasteiger partial charge in [-0.3, -0.25) is 0 Å². The lowest BCUT2D eigenvalue weighted by atomic mass is 9.86. The van der Waals surface area contributed by atoms with Gasteiger partial charge in [-0.2, -0.15) is 4.98 Å². The van der Waals surface area contributed by atoms with Crippen LogP contribution in [0.25, 0.3) is 11.4 Å². The Morgan fingerprint density at radius 2 is 1.32 bits per heavy atom. The van der Waals surface area contributed by atoms with E-state index in [1.165, 1.54) is 0 Å². The predicted molar refractivity (Wildman–Crippen MR) is 112 cm³/mol. The summed E-state index contributed by atoms with van der Waals surface area (Å²) < 4.78 is 6.48. The van der Waals surface area contributed by atoms with Crippen LogP contribution in [0.3, 0.4) is 0 Å². The summed E-state index contributed by atoms with van der Waals surface area (Å²) in [6, 6.07) is 21.7. The van der Waals surface area contributed by atoms with Gasteiger partial charge in [-0.25, -0.2) is 0 Å². The van der Waals surface area contributed by atoms with E-state index in [9.17, 15) is 10.2 Å². The fraction of sp³-hybridized carbons (Fsp3) is 0.0476. The normalized spacial score (nSPS) is 11.5. The number of aromatic nitrogens is 2. The van der Waals surface area contributed by atoms with Gasteiger partial charge in [-0.1, -0.05) is 65.8 Å². The Balaban J connectivity index is 1.86. The Bertz CT molecular complexity index is 1050. The van der Waals surface area contributed by atoms with E-state index in [4.69, 9.17) is 4.52 Å². The van der Waals surface area contributed by atoms with Gasteiger partial charge in [0.1, 0.15) is 5.75 Å². The Hall–Kier alpha value is -2.48. The van der Waals surface area contributed by atoms with Crippen LogP contribution < -0.4 is 0 Å². The first kappa shape index (κ1) is 18.9. The fourth-order valence-electron chi connectivity index (χ4n) is 2.95. The summed E-state index contributed by atoms with van der Waals surface area (Å²) in [4.78, 5) is 4.47. The third kappa shape index (κ3) is 3.26. The molecule has 0 radical (unpaired) electrons. The summed E-state index contributed by atoms with van der Waals surface area (Å²) >= 11 is 6.60. The molecule has 140 valence electrons. The zero-order valence-corrected chi connectivity index (χ0v) is 17.6. The lowest BCUT2D eigenvalue weighted by Crippen LogP contribution is -2.29. The van der Waals surface area contributed by atoms with Gasteiger partial charge in [0.05, 0.1) is 8.95 Å². The topological polar surface area (TPSA) is 79.4 Å². The molecule has 7 heteroatoms. The quantitative estimate of drug-likeness (QED) is 0.399. The minimum absolute atomic E-state index is 0.0558. The lowest BCUT2D eigenvalue weighted by Gasteiger charge is -2.25. The van der Waals surface area contributed by atoms with Crippen LogP contribution in [-0.4, -0.2) is 20.4 Å². The van der Waals surface area contributed by atoms with Crippen LogP contribution in [0.2, 0.25) is 0 Å². The molecule has 4 rings (SSSR count). The summed E-state index contributed by atoms with van der Waals surface area (Å²) in [5, 5.41) is 25.6. The zero-order valence-electron chi connectivity index (χ0n) is 14.4. The summed E-state index contributed by atoms with van der Waals surface area (Å²) in [5.74, 6) is 0.430. The van der Waals surface area contributed by atoms with Crippen molar-refractivity contribution >= 4 is 31.9 Å². The second-order valence-electron chi connectivity index (χ2n) is 6.15. The van der Waals surface area contributed by atoms with Crippen molar-refractivity contribution in [1.82, 2.24) is 10.1 Å². The van der Waals surface area contributed by atoms with Crippen molar-refractivity contribution in [2.24, 2.45) is 0 Å². The minimum atomic E-state index is -1.60. The molecule has 0 unspecified atom stereocenters. The summed E-state index contributed by atoms with van der Waals surface area (Å²) in [6.45, 7) is 0. The summed E-state index contributed by atoms with van der Waals surface area (Å²) in [6.07, 6.45) is 0. The van der Waals surface area contributed by atoms with Crippen molar-refractivity contribution in [2.45, 2.75) is 5.60 Å². The highest BCUT2D eigenvalue weighted by Gasteiger charge is 2.39. The number of phenols is 1. The standard InChI is InChI=1S/C21H14Br2N2O3/c22-16-11-13(12-17(23)18(16)26)19-24-20(28-25-19)21(27,14-7-3-1-4-8-14)15-9-5-2-6-10-15/h1-12,26-27H. The summed E-state index contributed by atoms with van der Waals surface area (Å²) in [5.41, 5.74) is 0.253. The Morgan fingerprint density at radius 3 is 1.82 bits per heavy atom. The van der Waals surface area contributed by atoms with E-state index >= 15 is 0 Å². The highest BCUT2D eigenvalue weighted by atomic mass is 79.9. The SMILES string of the molecule is Oc1c(Br)cc(-c2noc(C(O)(c3ccccc3)c3ccccc3)n2)cc1Br. The highest BCUT2D eigenvalue weighted by molar-refractivity contribution is 9.11. The molecule has 0 saturated carbocycles. The molecule has 0 amide bonds. The molecule has 1 heterocycles. The highest BCUT2D eigenvalue weighted by Crippen LogP contribution is 2.39. The number of hydrogen-bond acceptors (Lipinski definition) is 5. The molecule has 0 fully saturated rings.